The number of furan rings is 1. The molecule has 1 atom stereocenters. The number of nitrogens with zero attached hydrogens (tertiary/aromatic N) is 2. The minimum Gasteiger partial charge on any atom is -0.466 e. The molecule has 0 amide bonds. The minimum absolute atomic E-state index is 0.305. The summed E-state index contributed by atoms with van der Waals surface area (Å²) in [6.45, 7) is 1.98. The lowest BCUT2D eigenvalue weighted by molar-refractivity contribution is 0.0476. The summed E-state index contributed by atoms with van der Waals surface area (Å²) in [7, 11) is 0. The highest BCUT2D eigenvalue weighted by molar-refractivity contribution is 5.31. The lowest BCUT2D eigenvalue weighted by Crippen LogP contribution is -2.30. The molecule has 0 bridgehead atoms. The van der Waals surface area contributed by atoms with E-state index in [2.05, 4.69) is 15.3 Å². The second kappa shape index (κ2) is 4.32. The van der Waals surface area contributed by atoms with Crippen molar-refractivity contribution in [3.8, 4) is 0 Å². The highest BCUT2D eigenvalue weighted by atomic mass is 16.4. The standard InChI is InChI=1S/C11H13N3O2/c1-11(15,9-3-2-6-16-9)8-14-10-7-12-4-5-13-10/h2-7,15H,8H2,1H3,(H,13,14). The molecule has 2 rings (SSSR count). The molecule has 0 radical (unpaired) electrons. The molecule has 0 aliphatic rings. The van der Waals surface area contributed by atoms with Gasteiger partial charge in [-0.25, -0.2) is 4.98 Å². The zero-order valence-corrected chi connectivity index (χ0v) is 8.92. The van der Waals surface area contributed by atoms with Gasteiger partial charge < -0.3 is 14.8 Å². The molecule has 2 aromatic rings. The van der Waals surface area contributed by atoms with Gasteiger partial charge in [-0.2, -0.15) is 0 Å². The largest absolute Gasteiger partial charge is 0.466 e. The van der Waals surface area contributed by atoms with E-state index in [0.29, 0.717) is 18.1 Å². The summed E-state index contributed by atoms with van der Waals surface area (Å²) in [4.78, 5) is 7.97. The first kappa shape index (κ1) is 10.6. The number of nitrogens with one attached hydrogen (secondary N) is 1. The maximum absolute atomic E-state index is 10.1. The molecule has 0 spiro atoms. The number of anilines is 1. The zero-order valence-electron chi connectivity index (χ0n) is 8.92. The Morgan fingerprint density at radius 3 is 3.00 bits per heavy atom. The minimum atomic E-state index is -1.07. The average Bonchev–Trinajstić information content (AvgIpc) is 2.82. The van der Waals surface area contributed by atoms with Crippen LogP contribution in [-0.4, -0.2) is 21.6 Å². The number of hydrogen-bond acceptors (Lipinski definition) is 5. The SMILES string of the molecule is CC(O)(CNc1cnccn1)c1ccco1. The van der Waals surface area contributed by atoms with Gasteiger partial charge in [0, 0.05) is 12.4 Å². The highest BCUT2D eigenvalue weighted by Crippen LogP contribution is 2.20. The number of aliphatic hydroxyl groups is 1. The van der Waals surface area contributed by atoms with E-state index < -0.39 is 5.60 Å². The summed E-state index contributed by atoms with van der Waals surface area (Å²) in [6.07, 6.45) is 6.31. The third-order valence-electron chi connectivity index (χ3n) is 2.23. The van der Waals surface area contributed by atoms with Gasteiger partial charge in [0.05, 0.1) is 19.0 Å². The van der Waals surface area contributed by atoms with E-state index in [1.54, 1.807) is 37.6 Å². The van der Waals surface area contributed by atoms with Crippen LogP contribution in [-0.2, 0) is 5.60 Å². The molecule has 0 saturated heterocycles. The Labute approximate surface area is 93.2 Å². The van der Waals surface area contributed by atoms with Crippen molar-refractivity contribution in [2.45, 2.75) is 12.5 Å². The van der Waals surface area contributed by atoms with Crippen LogP contribution in [0.1, 0.15) is 12.7 Å². The lowest BCUT2D eigenvalue weighted by Gasteiger charge is -2.21. The summed E-state index contributed by atoms with van der Waals surface area (Å²) in [5.74, 6) is 1.14. The topological polar surface area (TPSA) is 71.2 Å². The Bertz CT molecular complexity index is 426. The molecule has 1 unspecified atom stereocenters. The van der Waals surface area contributed by atoms with E-state index in [0.717, 1.165) is 0 Å². The Morgan fingerprint density at radius 2 is 2.38 bits per heavy atom. The van der Waals surface area contributed by atoms with Crippen molar-refractivity contribution in [2.75, 3.05) is 11.9 Å². The highest BCUT2D eigenvalue weighted by Gasteiger charge is 2.25. The molecular formula is C11H13N3O2. The van der Waals surface area contributed by atoms with E-state index in [4.69, 9.17) is 4.42 Å². The first-order chi connectivity index (χ1) is 7.68. The van der Waals surface area contributed by atoms with Crippen molar-refractivity contribution < 1.29 is 9.52 Å². The first-order valence-electron chi connectivity index (χ1n) is 4.95. The maximum Gasteiger partial charge on any atom is 0.144 e. The molecule has 84 valence electrons. The van der Waals surface area contributed by atoms with Gasteiger partial charge >= 0.3 is 0 Å². The third kappa shape index (κ3) is 2.38. The molecule has 5 heteroatoms. The predicted molar refractivity (Wildman–Crippen MR) is 58.8 cm³/mol. The van der Waals surface area contributed by atoms with E-state index in [1.807, 2.05) is 0 Å². The van der Waals surface area contributed by atoms with Crippen LogP contribution in [0.5, 0.6) is 0 Å². The van der Waals surface area contributed by atoms with E-state index in [9.17, 15) is 5.11 Å². The molecule has 2 heterocycles. The van der Waals surface area contributed by atoms with Crippen LogP contribution >= 0.6 is 0 Å². The summed E-state index contributed by atoms with van der Waals surface area (Å²) in [5.41, 5.74) is -1.07. The summed E-state index contributed by atoms with van der Waals surface area (Å²) in [6, 6.07) is 3.48. The molecule has 16 heavy (non-hydrogen) atoms. The second-order valence-corrected chi connectivity index (χ2v) is 3.70. The van der Waals surface area contributed by atoms with Crippen LogP contribution in [0.25, 0.3) is 0 Å². The third-order valence-corrected chi connectivity index (χ3v) is 2.23. The molecular weight excluding hydrogens is 206 g/mol. The van der Waals surface area contributed by atoms with Crippen molar-refractivity contribution >= 4 is 5.82 Å². The van der Waals surface area contributed by atoms with Crippen LogP contribution in [0, 0.1) is 0 Å². The second-order valence-electron chi connectivity index (χ2n) is 3.70. The van der Waals surface area contributed by atoms with E-state index in [1.165, 1.54) is 6.26 Å². The normalized spacial score (nSPS) is 14.4. The van der Waals surface area contributed by atoms with Crippen molar-refractivity contribution in [2.24, 2.45) is 0 Å². The van der Waals surface area contributed by atoms with Crippen LogP contribution < -0.4 is 5.32 Å². The molecule has 2 N–H and O–H groups in total. The Kier molecular flexibility index (Phi) is 2.87. The van der Waals surface area contributed by atoms with Crippen molar-refractivity contribution in [1.29, 1.82) is 0 Å². The Balaban J connectivity index is 2.00. The fourth-order valence-electron chi connectivity index (χ4n) is 1.33. The fourth-order valence-corrected chi connectivity index (χ4v) is 1.33. The zero-order chi connectivity index (χ0) is 11.4. The van der Waals surface area contributed by atoms with Gasteiger partial charge in [0.25, 0.3) is 0 Å². The quantitative estimate of drug-likeness (QED) is 0.813. The Morgan fingerprint density at radius 1 is 1.50 bits per heavy atom. The van der Waals surface area contributed by atoms with E-state index >= 15 is 0 Å². The smallest absolute Gasteiger partial charge is 0.144 e. The van der Waals surface area contributed by atoms with Crippen LogP contribution in [0.15, 0.2) is 41.4 Å². The van der Waals surface area contributed by atoms with Gasteiger partial charge in [0.2, 0.25) is 0 Å². The van der Waals surface area contributed by atoms with Crippen LogP contribution in [0.4, 0.5) is 5.82 Å². The molecule has 0 aromatic carbocycles. The molecule has 0 aliphatic carbocycles. The van der Waals surface area contributed by atoms with Crippen molar-refractivity contribution in [3.63, 3.8) is 0 Å². The van der Waals surface area contributed by atoms with Crippen molar-refractivity contribution in [1.82, 2.24) is 9.97 Å². The van der Waals surface area contributed by atoms with Gasteiger partial charge in [-0.1, -0.05) is 0 Å². The number of aromatic nitrogens is 2. The van der Waals surface area contributed by atoms with Crippen molar-refractivity contribution in [3.05, 3.63) is 42.7 Å². The molecule has 0 aliphatic heterocycles. The summed E-state index contributed by atoms with van der Waals surface area (Å²) >= 11 is 0. The Hall–Kier alpha value is -1.88. The monoisotopic (exact) mass is 219 g/mol. The molecule has 0 saturated carbocycles. The van der Waals surface area contributed by atoms with Crippen LogP contribution in [0.3, 0.4) is 0 Å². The molecule has 5 nitrogen and oxygen atoms in total. The number of hydrogen-bond donors (Lipinski definition) is 2. The van der Waals surface area contributed by atoms with Gasteiger partial charge in [-0.05, 0) is 19.1 Å². The van der Waals surface area contributed by atoms with Gasteiger partial charge in [-0.15, -0.1) is 0 Å². The van der Waals surface area contributed by atoms with Gasteiger partial charge in [0.15, 0.2) is 0 Å². The number of rotatable bonds is 4. The maximum atomic E-state index is 10.1. The van der Waals surface area contributed by atoms with Crippen LogP contribution in [0.2, 0.25) is 0 Å². The fraction of sp³-hybridized carbons (Fsp3) is 0.273. The average molecular weight is 219 g/mol. The predicted octanol–water partition coefficient (Wildman–Crippen LogP) is 1.39. The molecule has 2 aromatic heterocycles. The lowest BCUT2D eigenvalue weighted by atomic mass is 10.0. The molecule has 0 fully saturated rings. The first-order valence-corrected chi connectivity index (χ1v) is 4.95. The van der Waals surface area contributed by atoms with E-state index in [-0.39, 0.29) is 0 Å². The summed E-state index contributed by atoms with van der Waals surface area (Å²) in [5, 5.41) is 13.1. The van der Waals surface area contributed by atoms with Gasteiger partial charge in [0.1, 0.15) is 17.2 Å². The summed E-state index contributed by atoms with van der Waals surface area (Å²) < 4.78 is 5.16. The van der Waals surface area contributed by atoms with Gasteiger partial charge in [-0.3, -0.25) is 4.98 Å².